The van der Waals surface area contributed by atoms with E-state index in [-0.39, 0.29) is 5.91 Å². The third kappa shape index (κ3) is 2.26. The van der Waals surface area contributed by atoms with E-state index in [1.54, 1.807) is 0 Å². The van der Waals surface area contributed by atoms with Crippen LogP contribution in [0.1, 0.15) is 6.42 Å². The lowest BCUT2D eigenvalue weighted by atomic mass is 10.1. The third-order valence-electron chi connectivity index (χ3n) is 3.55. The van der Waals surface area contributed by atoms with E-state index in [2.05, 4.69) is 15.9 Å². The molecule has 1 amide bonds. The van der Waals surface area contributed by atoms with Gasteiger partial charge in [-0.2, -0.15) is 0 Å². The number of amides is 1. The highest BCUT2D eigenvalue weighted by Gasteiger charge is 2.30. The molecule has 1 unspecified atom stereocenters. The molecule has 0 radical (unpaired) electrons. The number of anilines is 1. The van der Waals surface area contributed by atoms with Crippen molar-refractivity contribution in [1.29, 1.82) is 0 Å². The lowest BCUT2D eigenvalue weighted by Gasteiger charge is -2.19. The van der Waals surface area contributed by atoms with Crippen LogP contribution in [0.4, 0.5) is 5.69 Å². The summed E-state index contributed by atoms with van der Waals surface area (Å²) in [5.41, 5.74) is 0.927. The lowest BCUT2D eigenvalue weighted by Crippen LogP contribution is -2.24. The molecule has 0 aliphatic carbocycles. The van der Waals surface area contributed by atoms with Crippen LogP contribution in [0.2, 0.25) is 5.02 Å². The van der Waals surface area contributed by atoms with Crippen molar-refractivity contribution < 1.29 is 4.79 Å². The Labute approximate surface area is 125 Å². The zero-order valence-corrected chi connectivity index (χ0v) is 12.6. The zero-order chi connectivity index (χ0) is 13.4. The molecule has 2 nitrogen and oxygen atoms in total. The van der Waals surface area contributed by atoms with Gasteiger partial charge in [-0.1, -0.05) is 51.8 Å². The molecule has 1 atom stereocenters. The van der Waals surface area contributed by atoms with Crippen molar-refractivity contribution in [2.24, 2.45) is 5.92 Å². The van der Waals surface area contributed by atoms with Crippen molar-refractivity contribution in [2.75, 3.05) is 16.8 Å². The molecule has 3 rings (SSSR count). The molecule has 0 aromatic heterocycles. The van der Waals surface area contributed by atoms with Gasteiger partial charge in [-0.3, -0.25) is 4.79 Å². The largest absolute Gasteiger partial charge is 0.311 e. The fourth-order valence-electron chi connectivity index (χ4n) is 2.62. The molecule has 1 aliphatic rings. The highest BCUT2D eigenvalue weighted by molar-refractivity contribution is 9.09. The SMILES string of the molecule is O=C1CC(CBr)CN1c1cccc2cccc(Cl)c12. The molecule has 1 saturated heterocycles. The molecule has 0 N–H and O–H groups in total. The molecule has 1 aliphatic heterocycles. The Morgan fingerprint density at radius 1 is 1.26 bits per heavy atom. The Balaban J connectivity index is 2.13. The summed E-state index contributed by atoms with van der Waals surface area (Å²) in [7, 11) is 0. The number of nitrogens with zero attached hydrogens (tertiary/aromatic N) is 1. The van der Waals surface area contributed by atoms with Gasteiger partial charge in [-0.25, -0.2) is 0 Å². The van der Waals surface area contributed by atoms with E-state index in [1.807, 2.05) is 41.3 Å². The van der Waals surface area contributed by atoms with Crippen molar-refractivity contribution in [1.82, 2.24) is 0 Å². The summed E-state index contributed by atoms with van der Waals surface area (Å²) in [4.78, 5) is 14.0. The molecule has 1 fully saturated rings. The van der Waals surface area contributed by atoms with Crippen LogP contribution in [0.15, 0.2) is 36.4 Å². The number of rotatable bonds is 2. The first-order valence-corrected chi connectivity index (χ1v) is 7.74. The molecular weight excluding hydrogens is 326 g/mol. The van der Waals surface area contributed by atoms with Crippen molar-refractivity contribution in [3.8, 4) is 0 Å². The first-order chi connectivity index (χ1) is 9.20. The van der Waals surface area contributed by atoms with Gasteiger partial charge in [0.25, 0.3) is 0 Å². The maximum absolute atomic E-state index is 12.2. The van der Waals surface area contributed by atoms with Gasteiger partial charge in [0, 0.05) is 23.7 Å². The van der Waals surface area contributed by atoms with Gasteiger partial charge in [0.1, 0.15) is 0 Å². The smallest absolute Gasteiger partial charge is 0.227 e. The van der Waals surface area contributed by atoms with Crippen LogP contribution >= 0.6 is 27.5 Å². The minimum atomic E-state index is 0.178. The number of fused-ring (bicyclic) bond motifs is 1. The van der Waals surface area contributed by atoms with E-state index in [0.29, 0.717) is 17.4 Å². The van der Waals surface area contributed by atoms with E-state index in [0.717, 1.165) is 28.3 Å². The summed E-state index contributed by atoms with van der Waals surface area (Å²) in [5.74, 6) is 0.558. The Kier molecular flexibility index (Phi) is 3.50. The number of benzene rings is 2. The van der Waals surface area contributed by atoms with Gasteiger partial charge in [0.05, 0.1) is 10.7 Å². The first-order valence-electron chi connectivity index (χ1n) is 6.24. The monoisotopic (exact) mass is 337 g/mol. The summed E-state index contributed by atoms with van der Waals surface area (Å²) in [5, 5.41) is 3.59. The minimum absolute atomic E-state index is 0.178. The Bertz CT molecular complexity index is 638. The second-order valence-corrected chi connectivity index (χ2v) is 5.90. The van der Waals surface area contributed by atoms with Gasteiger partial charge < -0.3 is 4.90 Å². The Hall–Kier alpha value is -1.06. The number of carbonyl (C=O) groups excluding carboxylic acids is 1. The fourth-order valence-corrected chi connectivity index (χ4v) is 3.33. The molecule has 0 bridgehead atoms. The third-order valence-corrected chi connectivity index (χ3v) is 4.78. The van der Waals surface area contributed by atoms with Gasteiger partial charge in [-0.05, 0) is 23.4 Å². The molecule has 1 heterocycles. The summed E-state index contributed by atoms with van der Waals surface area (Å²) in [6.45, 7) is 0.758. The predicted molar refractivity (Wildman–Crippen MR) is 83.2 cm³/mol. The quantitative estimate of drug-likeness (QED) is 0.750. The van der Waals surface area contributed by atoms with Crippen LogP contribution in [0, 0.1) is 5.92 Å². The van der Waals surface area contributed by atoms with Crippen LogP contribution in [-0.4, -0.2) is 17.8 Å². The molecule has 2 aromatic rings. The Morgan fingerprint density at radius 3 is 2.68 bits per heavy atom. The molecule has 4 heteroatoms. The second kappa shape index (κ2) is 5.14. The van der Waals surface area contributed by atoms with Crippen molar-refractivity contribution in [3.05, 3.63) is 41.4 Å². The summed E-state index contributed by atoms with van der Waals surface area (Å²) >= 11 is 9.77. The number of hydrogen-bond donors (Lipinski definition) is 0. The molecule has 0 spiro atoms. The van der Waals surface area contributed by atoms with E-state index in [1.165, 1.54) is 0 Å². The van der Waals surface area contributed by atoms with Gasteiger partial charge in [0.2, 0.25) is 5.91 Å². The highest BCUT2D eigenvalue weighted by atomic mass is 79.9. The zero-order valence-electron chi connectivity index (χ0n) is 10.3. The summed E-state index contributed by atoms with van der Waals surface area (Å²) in [6.07, 6.45) is 0.603. The summed E-state index contributed by atoms with van der Waals surface area (Å²) in [6, 6.07) is 11.8. The fraction of sp³-hybridized carbons (Fsp3) is 0.267. The standard InChI is InChI=1S/C15H13BrClNO/c16-8-10-7-14(19)18(9-10)13-6-2-4-11-3-1-5-12(17)15(11)13/h1-6,10H,7-9H2. The minimum Gasteiger partial charge on any atom is -0.311 e. The maximum atomic E-state index is 12.2. The molecule has 98 valence electrons. The first kappa shape index (κ1) is 12.9. The van der Waals surface area contributed by atoms with Crippen LogP contribution in [0.5, 0.6) is 0 Å². The highest BCUT2D eigenvalue weighted by Crippen LogP contribution is 2.35. The van der Waals surface area contributed by atoms with Gasteiger partial charge in [-0.15, -0.1) is 0 Å². The number of carbonyl (C=O) groups is 1. The average Bonchev–Trinajstić information content (AvgIpc) is 2.80. The van der Waals surface area contributed by atoms with Crippen LogP contribution in [0.3, 0.4) is 0 Å². The van der Waals surface area contributed by atoms with Gasteiger partial charge >= 0.3 is 0 Å². The maximum Gasteiger partial charge on any atom is 0.227 e. The summed E-state index contributed by atoms with van der Waals surface area (Å²) < 4.78 is 0. The van der Waals surface area contributed by atoms with E-state index < -0.39 is 0 Å². The molecule has 19 heavy (non-hydrogen) atoms. The topological polar surface area (TPSA) is 20.3 Å². The van der Waals surface area contributed by atoms with Crippen LogP contribution < -0.4 is 4.90 Å². The van der Waals surface area contributed by atoms with Crippen LogP contribution in [0.25, 0.3) is 10.8 Å². The lowest BCUT2D eigenvalue weighted by molar-refractivity contribution is -0.117. The van der Waals surface area contributed by atoms with Crippen molar-refractivity contribution >= 4 is 49.9 Å². The van der Waals surface area contributed by atoms with Crippen LogP contribution in [-0.2, 0) is 4.79 Å². The molecule has 2 aromatic carbocycles. The number of hydrogen-bond acceptors (Lipinski definition) is 1. The van der Waals surface area contributed by atoms with E-state index in [4.69, 9.17) is 11.6 Å². The molecule has 0 saturated carbocycles. The van der Waals surface area contributed by atoms with Crippen molar-refractivity contribution in [2.45, 2.75) is 6.42 Å². The number of halogens is 2. The Morgan fingerprint density at radius 2 is 2.00 bits per heavy atom. The predicted octanol–water partition coefficient (Wildman–Crippen LogP) is 4.24. The van der Waals surface area contributed by atoms with Crippen molar-refractivity contribution in [3.63, 3.8) is 0 Å². The number of alkyl halides is 1. The van der Waals surface area contributed by atoms with Gasteiger partial charge in [0.15, 0.2) is 0 Å². The van der Waals surface area contributed by atoms with E-state index in [9.17, 15) is 4.79 Å². The second-order valence-electron chi connectivity index (χ2n) is 4.84. The van der Waals surface area contributed by atoms with E-state index >= 15 is 0 Å². The normalized spacial score (nSPS) is 19.4. The molecular formula is C15H13BrClNO. The average molecular weight is 339 g/mol.